The van der Waals surface area contributed by atoms with Crippen molar-refractivity contribution in [2.45, 2.75) is 91.5 Å². The van der Waals surface area contributed by atoms with Crippen LogP contribution < -0.4 is 20.7 Å². The highest BCUT2D eigenvalue weighted by atomic mass is 16.7. The molecule has 1 aromatic heterocycles. The highest BCUT2D eigenvalue weighted by Gasteiger charge is 2.34. The molecular weight excluding hydrogens is 919 g/mol. The molecule has 4 aromatic carbocycles. The molecular formula is C52H57N5O14. The number of rotatable bonds is 27. The Morgan fingerprint density at radius 2 is 1.46 bits per heavy atom. The van der Waals surface area contributed by atoms with Crippen molar-refractivity contribution in [1.29, 1.82) is 0 Å². The molecule has 0 aliphatic carbocycles. The second-order valence-electron chi connectivity index (χ2n) is 16.2. The molecule has 4 amide bonds. The molecule has 19 heteroatoms. The average Bonchev–Trinajstić information content (AvgIpc) is 3.88. The summed E-state index contributed by atoms with van der Waals surface area (Å²) < 4.78 is 22.6. The van der Waals surface area contributed by atoms with Crippen molar-refractivity contribution in [2.24, 2.45) is 5.92 Å². The van der Waals surface area contributed by atoms with E-state index >= 15 is 0 Å². The van der Waals surface area contributed by atoms with E-state index in [4.69, 9.17) is 23.5 Å². The van der Waals surface area contributed by atoms with Crippen LogP contribution >= 0.6 is 0 Å². The number of aryl methyl sites for hydroxylation is 1. The third kappa shape index (κ3) is 15.6. The van der Waals surface area contributed by atoms with Gasteiger partial charge in [-0.3, -0.25) is 34.1 Å². The van der Waals surface area contributed by atoms with Gasteiger partial charge in [-0.15, -0.1) is 0 Å². The number of nitro benzene ring substituents is 1. The van der Waals surface area contributed by atoms with E-state index in [-0.39, 0.29) is 72.6 Å². The van der Waals surface area contributed by atoms with Crippen LogP contribution in [0.4, 0.5) is 5.69 Å². The lowest BCUT2D eigenvalue weighted by Gasteiger charge is -2.32. The first-order chi connectivity index (χ1) is 34.3. The minimum absolute atomic E-state index is 0.00316. The summed E-state index contributed by atoms with van der Waals surface area (Å²) in [6.45, 7) is 6.59. The van der Waals surface area contributed by atoms with Gasteiger partial charge in [0.2, 0.25) is 12.3 Å². The fraction of sp³-hybridized carbons (Fsp3) is 0.327. The van der Waals surface area contributed by atoms with Crippen molar-refractivity contribution in [3.05, 3.63) is 153 Å². The third-order valence-electron chi connectivity index (χ3n) is 11.2. The number of amides is 4. The van der Waals surface area contributed by atoms with Crippen LogP contribution in [0.1, 0.15) is 107 Å². The molecule has 19 nitrogen and oxygen atoms in total. The standard InChI is InChI=1S/C52H57N5O14/c1-5-8-11-20-40(43(6-2)56(33-58)71-51(63)39-24-22-38(57(65)66)27-34(39)4)48(60)53-32-54-50(62)45-26-25-44(70-45)37-21-23-41(46(28-37)67-7-3)49(61)55-42(52(64)69-31-36-18-14-10-15-19-36)29-47(59)68-30-35-16-12-9-13-17-35/h9-10,12-19,21-28,33,40,42-43H,5-8,11,20,29-32H2,1-4H3,(H,53,60)(H,54,62)(H,55,61)/t40-,42+,43-/m1/s1. The molecule has 0 saturated heterocycles. The SMILES string of the molecule is CCCCC[C@@H](C(=O)NCNC(=O)c1ccc(-c2ccc(C(=O)N[C@@H](CC(=O)OCc3ccccc3)C(=O)OCc3ccccc3)c(OCC)c2)o1)[C@@H](CC)N(C=O)OC(=O)c1ccc([N+](=O)[O-])cc1C. The highest BCUT2D eigenvalue weighted by Crippen LogP contribution is 2.30. The Hall–Kier alpha value is -8.35. The molecule has 0 unspecified atom stereocenters. The maximum atomic E-state index is 13.8. The van der Waals surface area contributed by atoms with Crippen molar-refractivity contribution in [3.63, 3.8) is 0 Å². The van der Waals surface area contributed by atoms with Crippen molar-refractivity contribution >= 4 is 47.7 Å². The lowest BCUT2D eigenvalue weighted by Crippen LogP contribution is -2.49. The van der Waals surface area contributed by atoms with E-state index in [0.29, 0.717) is 30.4 Å². The molecule has 5 aromatic rings. The molecule has 0 radical (unpaired) electrons. The lowest BCUT2D eigenvalue weighted by molar-refractivity contribution is -0.384. The molecule has 0 bridgehead atoms. The Labute approximate surface area is 410 Å². The summed E-state index contributed by atoms with van der Waals surface area (Å²) in [5.74, 6) is -5.11. The number of benzene rings is 4. The van der Waals surface area contributed by atoms with Crippen molar-refractivity contribution in [1.82, 2.24) is 21.0 Å². The largest absolute Gasteiger partial charge is 0.493 e. The quantitative estimate of drug-likeness (QED) is 0.0115. The van der Waals surface area contributed by atoms with Crippen LogP contribution in [-0.4, -0.2) is 77.4 Å². The summed E-state index contributed by atoms with van der Waals surface area (Å²) in [4.78, 5) is 109. The summed E-state index contributed by atoms with van der Waals surface area (Å²) in [7, 11) is 0. The van der Waals surface area contributed by atoms with E-state index in [1.54, 1.807) is 68.4 Å². The Morgan fingerprint density at radius 1 is 0.789 bits per heavy atom. The number of carbonyl (C=O) groups excluding carboxylic acids is 7. The summed E-state index contributed by atoms with van der Waals surface area (Å²) in [5.41, 5.74) is 1.93. The van der Waals surface area contributed by atoms with Gasteiger partial charge in [-0.05, 0) is 73.7 Å². The summed E-state index contributed by atoms with van der Waals surface area (Å²) in [6.07, 6.45) is 2.56. The number of nitrogens with zero attached hydrogens (tertiary/aromatic N) is 2. The average molecular weight is 976 g/mol. The Morgan fingerprint density at radius 3 is 2.08 bits per heavy atom. The van der Waals surface area contributed by atoms with Crippen LogP contribution in [-0.2, 0) is 46.7 Å². The van der Waals surface area contributed by atoms with Crippen molar-refractivity contribution in [2.75, 3.05) is 13.3 Å². The molecule has 0 spiro atoms. The van der Waals surface area contributed by atoms with Crippen LogP contribution in [0.5, 0.6) is 5.75 Å². The fourth-order valence-electron chi connectivity index (χ4n) is 7.46. The van der Waals surface area contributed by atoms with Crippen LogP contribution in [0.3, 0.4) is 0 Å². The van der Waals surface area contributed by atoms with Gasteiger partial charge in [0.25, 0.3) is 17.5 Å². The molecule has 0 fully saturated rings. The van der Waals surface area contributed by atoms with Crippen LogP contribution in [0, 0.1) is 23.0 Å². The first kappa shape index (κ1) is 53.6. The number of esters is 2. The van der Waals surface area contributed by atoms with Crippen LogP contribution in [0.15, 0.2) is 114 Å². The smallest absolute Gasteiger partial charge is 0.363 e. The number of furan rings is 1. The van der Waals surface area contributed by atoms with Gasteiger partial charge in [0.15, 0.2) is 5.76 Å². The Balaban J connectivity index is 1.23. The van der Waals surface area contributed by atoms with E-state index in [2.05, 4.69) is 16.0 Å². The number of nitro groups is 1. The fourth-order valence-corrected chi connectivity index (χ4v) is 7.46. The zero-order valence-electron chi connectivity index (χ0n) is 39.9. The van der Waals surface area contributed by atoms with Gasteiger partial charge in [0.05, 0.1) is 47.7 Å². The number of ether oxygens (including phenoxy) is 3. The maximum Gasteiger partial charge on any atom is 0.363 e. The van der Waals surface area contributed by atoms with Crippen LogP contribution in [0.25, 0.3) is 11.3 Å². The molecule has 374 valence electrons. The van der Waals surface area contributed by atoms with E-state index < -0.39 is 65.0 Å². The lowest BCUT2D eigenvalue weighted by atomic mass is 9.90. The normalized spacial score (nSPS) is 12.0. The summed E-state index contributed by atoms with van der Waals surface area (Å²) >= 11 is 0. The molecule has 3 atom stereocenters. The molecule has 1 heterocycles. The molecule has 71 heavy (non-hydrogen) atoms. The number of hydrogen-bond acceptors (Lipinski definition) is 14. The van der Waals surface area contributed by atoms with E-state index in [9.17, 15) is 43.7 Å². The first-order valence-corrected chi connectivity index (χ1v) is 23.1. The van der Waals surface area contributed by atoms with E-state index in [0.717, 1.165) is 29.5 Å². The highest BCUT2D eigenvalue weighted by molar-refractivity contribution is 6.00. The second-order valence-corrected chi connectivity index (χ2v) is 16.2. The van der Waals surface area contributed by atoms with E-state index in [1.165, 1.54) is 43.3 Å². The molecule has 0 saturated carbocycles. The maximum absolute atomic E-state index is 13.8. The van der Waals surface area contributed by atoms with Crippen molar-refractivity contribution < 1.29 is 62.0 Å². The molecule has 3 N–H and O–H groups in total. The van der Waals surface area contributed by atoms with Crippen molar-refractivity contribution in [3.8, 4) is 17.1 Å². The predicted octanol–water partition coefficient (Wildman–Crippen LogP) is 7.55. The Kier molecular flexibility index (Phi) is 20.4. The van der Waals surface area contributed by atoms with Gasteiger partial charge in [-0.25, -0.2) is 9.59 Å². The minimum atomic E-state index is -1.42. The second kappa shape index (κ2) is 27.0. The van der Waals surface area contributed by atoms with Gasteiger partial charge >= 0.3 is 17.9 Å². The van der Waals surface area contributed by atoms with Gasteiger partial charge in [0, 0.05) is 17.7 Å². The number of nitrogens with one attached hydrogen (secondary N) is 3. The number of carbonyl (C=O) groups is 7. The van der Waals surface area contributed by atoms with Crippen LogP contribution in [0.2, 0.25) is 0 Å². The van der Waals surface area contributed by atoms with Gasteiger partial charge in [-0.1, -0.05) is 99.8 Å². The van der Waals surface area contributed by atoms with Gasteiger partial charge < -0.3 is 39.4 Å². The monoisotopic (exact) mass is 975 g/mol. The zero-order chi connectivity index (χ0) is 51.3. The first-order valence-electron chi connectivity index (χ1n) is 23.1. The molecule has 5 rings (SSSR count). The zero-order valence-corrected chi connectivity index (χ0v) is 39.9. The number of hydrogen-bond donors (Lipinski definition) is 3. The van der Waals surface area contributed by atoms with E-state index in [1.807, 2.05) is 19.1 Å². The van der Waals surface area contributed by atoms with Gasteiger partial charge in [0.1, 0.15) is 30.8 Å². The Bertz CT molecular complexity index is 2640. The molecule has 0 aliphatic rings. The molecule has 0 aliphatic heterocycles. The summed E-state index contributed by atoms with van der Waals surface area (Å²) in [6, 6.07) is 26.6. The van der Waals surface area contributed by atoms with Gasteiger partial charge in [-0.2, -0.15) is 5.06 Å². The predicted molar refractivity (Wildman–Crippen MR) is 257 cm³/mol. The topological polar surface area (TPSA) is 252 Å². The minimum Gasteiger partial charge on any atom is -0.493 e. The number of non-ortho nitro benzene ring substituents is 1. The summed E-state index contributed by atoms with van der Waals surface area (Å²) in [5, 5.41) is 19.9. The number of unbranched alkanes of at least 4 members (excludes halogenated alkanes) is 2. The number of hydroxylamine groups is 2. The third-order valence-corrected chi connectivity index (χ3v) is 11.2.